The van der Waals surface area contributed by atoms with Crippen molar-refractivity contribution in [3.05, 3.63) is 115 Å². The van der Waals surface area contributed by atoms with Gasteiger partial charge in [-0.2, -0.15) is 27.2 Å². The fraction of sp³-hybridized carbons (Fsp3) is 0.468. The summed E-state index contributed by atoms with van der Waals surface area (Å²) in [5.41, 5.74) is 26.3. The first kappa shape index (κ1) is 96.5. The second-order valence-corrected chi connectivity index (χ2v) is 40.3. The van der Waals surface area contributed by atoms with Crippen LogP contribution in [0, 0.1) is 42.9 Å². The third kappa shape index (κ3) is 29.4. The van der Waals surface area contributed by atoms with Crippen molar-refractivity contribution < 1.29 is 150 Å². The minimum absolute atomic E-state index is 0.0245. The molecular formula is C62H83N9O34P6S4. The molecule has 1 aliphatic carbocycles. The van der Waals surface area contributed by atoms with Gasteiger partial charge in [-0.15, -0.1) is 0 Å². The molecule has 634 valence electrons. The number of nitrogens with one attached hydrogen (secondary N) is 1. The number of nitrogens with two attached hydrogens (primary N) is 4. The highest BCUT2D eigenvalue weighted by Gasteiger charge is 2.46. The minimum atomic E-state index is -5.78. The number of carboxylic acids is 1. The number of phosphoric ester groups is 2. The summed E-state index contributed by atoms with van der Waals surface area (Å²) in [5.74, 6) is 10.3. The van der Waals surface area contributed by atoms with Crippen LogP contribution >= 0.6 is 90.1 Å². The number of ether oxygens (including phenoxy) is 8. The van der Waals surface area contributed by atoms with Crippen molar-refractivity contribution in [3.63, 3.8) is 0 Å². The van der Waals surface area contributed by atoms with Gasteiger partial charge in [-0.25, -0.2) is 41.8 Å². The van der Waals surface area contributed by atoms with Gasteiger partial charge in [0.1, 0.15) is 86.3 Å². The van der Waals surface area contributed by atoms with Crippen LogP contribution in [0.5, 0.6) is 0 Å². The summed E-state index contributed by atoms with van der Waals surface area (Å²) in [6, 6.07) is 11.5. The number of rotatable bonds is 39. The third-order valence-electron chi connectivity index (χ3n) is 15.9. The van der Waals surface area contributed by atoms with Gasteiger partial charge in [-0.1, -0.05) is 79.0 Å². The Labute approximate surface area is 670 Å². The molecule has 0 spiro atoms. The zero-order valence-corrected chi connectivity index (χ0v) is 70.6. The fourth-order valence-corrected chi connectivity index (χ4v) is 20.9. The van der Waals surface area contributed by atoms with E-state index in [-0.39, 0.29) is 102 Å². The van der Waals surface area contributed by atoms with Gasteiger partial charge in [0.2, 0.25) is 0 Å². The van der Waals surface area contributed by atoms with E-state index in [4.69, 9.17) is 94.8 Å². The number of ketones is 1. The SMILES string of the molecule is COCO[C@@H]1C[C@H](n2cc(C#CCOCSSC(C)(C)CCC(=O)c3ccc(-c4c5ccc(=N)c(C)c-5oc5c(C)c(N)ccc45)c(C(=O)O)c3)c(N)nc2=O)O[C@@H]1COP(=O)(O)OP(=O)(O)OP(=O)(O)O.COCO[C@@H]1C[C@H](n2cc(C#CCOCSSC(C)(C)CN)c(N)nc2=O)O[C@@H]1COP(=O)(O)OP(=O)(O)OP(=O)(O)O. The van der Waals surface area contributed by atoms with Crippen LogP contribution in [0.15, 0.2) is 68.9 Å². The van der Waals surface area contributed by atoms with Gasteiger partial charge in [-0.05, 0) is 83.9 Å². The molecule has 115 heavy (non-hydrogen) atoms. The molecular weight excluding hydrogens is 1730 g/mol. The van der Waals surface area contributed by atoms with E-state index in [9.17, 15) is 71.2 Å². The quantitative estimate of drug-likeness (QED) is 0.00261. The molecule has 5 heterocycles. The Kier molecular flexibility index (Phi) is 34.9. The van der Waals surface area contributed by atoms with Crippen molar-refractivity contribution in [2.45, 2.75) is 114 Å². The maximum absolute atomic E-state index is 13.6. The Morgan fingerprint density at radius 1 is 0.652 bits per heavy atom. The van der Waals surface area contributed by atoms with Gasteiger partial charge in [0.15, 0.2) is 5.78 Å². The molecule has 0 bridgehead atoms. The van der Waals surface area contributed by atoms with Crippen LogP contribution in [0.25, 0.3) is 33.4 Å². The van der Waals surface area contributed by atoms with E-state index in [1.165, 1.54) is 65.1 Å². The van der Waals surface area contributed by atoms with Crippen molar-refractivity contribution >= 4 is 130 Å². The van der Waals surface area contributed by atoms with Crippen LogP contribution in [0.3, 0.4) is 0 Å². The molecule has 0 radical (unpaired) electrons. The van der Waals surface area contributed by atoms with Crippen LogP contribution in [0.1, 0.15) is 109 Å². The Balaban J connectivity index is 0.000000363. The van der Waals surface area contributed by atoms with E-state index < -0.39 is 119 Å². The van der Waals surface area contributed by atoms with Crippen molar-refractivity contribution in [2.75, 3.05) is 89.9 Å². The molecule has 43 nitrogen and oxygen atoms in total. The van der Waals surface area contributed by atoms with E-state index >= 15 is 0 Å². The summed E-state index contributed by atoms with van der Waals surface area (Å²) in [5, 5.41) is 19.7. The lowest BCUT2D eigenvalue weighted by Crippen LogP contribution is -2.30. The van der Waals surface area contributed by atoms with E-state index in [1.54, 1.807) is 61.0 Å². The number of benzene rings is 3. The van der Waals surface area contributed by atoms with E-state index in [2.05, 4.69) is 55.4 Å². The summed E-state index contributed by atoms with van der Waals surface area (Å²) in [4.78, 5) is 133. The van der Waals surface area contributed by atoms with Crippen LogP contribution in [0.2, 0.25) is 0 Å². The Morgan fingerprint density at radius 3 is 1.57 bits per heavy atom. The number of aromatic carboxylic acids is 1. The largest absolute Gasteiger partial charge is 0.490 e. The van der Waals surface area contributed by atoms with Gasteiger partial charge < -0.3 is 115 Å². The second-order valence-electron chi connectivity index (χ2n) is 25.6. The van der Waals surface area contributed by atoms with E-state index in [1.807, 2.05) is 27.7 Å². The summed E-state index contributed by atoms with van der Waals surface area (Å²) in [7, 11) is -25.1. The first-order valence-corrected chi connectivity index (χ1v) is 46.8. The number of phosphoric acid groups is 6. The summed E-state index contributed by atoms with van der Waals surface area (Å²) in [6.45, 7) is 9.78. The molecule has 2 fully saturated rings. The van der Waals surface area contributed by atoms with Crippen molar-refractivity contribution in [1.82, 2.24) is 19.1 Å². The van der Waals surface area contributed by atoms with Crippen molar-refractivity contribution in [1.29, 1.82) is 5.41 Å². The lowest BCUT2D eigenvalue weighted by atomic mass is 9.87. The number of aryl methyl sites for hydroxylation is 1. The van der Waals surface area contributed by atoms with E-state index in [0.29, 0.717) is 69.1 Å². The van der Waals surface area contributed by atoms with Crippen molar-refractivity contribution in [2.24, 2.45) is 5.73 Å². The van der Waals surface area contributed by atoms with Crippen LogP contribution < -0.4 is 39.7 Å². The number of anilines is 3. The number of aromatic nitrogens is 4. The number of hydrogen-bond acceptors (Lipinski definition) is 36. The maximum Gasteiger partial charge on any atom is 0.490 e. The monoisotopic (exact) mass is 1810 g/mol. The first-order valence-electron chi connectivity index (χ1n) is 33.1. The topological polar surface area (TPSA) is 659 Å². The number of methoxy groups -OCH3 is 2. The first-order chi connectivity index (χ1) is 53.6. The normalized spacial score (nSPS) is 19.4. The highest BCUT2D eigenvalue weighted by molar-refractivity contribution is 8.77. The Bertz CT molecular complexity index is 5110. The van der Waals surface area contributed by atoms with Gasteiger partial charge in [0.05, 0.1) is 47.5 Å². The molecule has 4 aliphatic rings. The molecule has 4 aromatic rings. The Hall–Kier alpha value is -5.59. The molecule has 8 rings (SSSR count). The summed E-state index contributed by atoms with van der Waals surface area (Å²) < 4.78 is 145. The van der Waals surface area contributed by atoms with Gasteiger partial charge >= 0.3 is 64.3 Å². The fourth-order valence-electron chi connectivity index (χ4n) is 10.4. The predicted molar refractivity (Wildman–Crippen MR) is 418 cm³/mol. The number of hydrogen-bond donors (Lipinski definition) is 14. The van der Waals surface area contributed by atoms with Gasteiger partial charge in [-0.3, -0.25) is 23.0 Å². The number of carboxylic acid groups (broad SMARTS) is 1. The third-order valence-corrected chi connectivity index (χ3v) is 29.5. The molecule has 10 atom stereocenters. The highest BCUT2D eigenvalue weighted by Crippen LogP contribution is 2.68. The highest BCUT2D eigenvalue weighted by atomic mass is 33.1. The zero-order valence-electron chi connectivity index (χ0n) is 62.0. The molecule has 2 saturated heterocycles. The van der Waals surface area contributed by atoms with Gasteiger partial charge in [0, 0.05) is 101 Å². The average Bonchev–Trinajstić information content (AvgIpc) is 1.45. The smallest absolute Gasteiger partial charge is 0.478 e. The predicted octanol–water partition coefficient (Wildman–Crippen LogP) is 7.38. The molecule has 4 unspecified atom stereocenters. The summed E-state index contributed by atoms with van der Waals surface area (Å²) in [6.07, 6.45) is -3.49. The molecule has 18 N–H and O–H groups in total. The number of carbonyl (C=O) groups is 2. The lowest BCUT2D eigenvalue weighted by Gasteiger charge is -2.23. The molecule has 3 aliphatic heterocycles. The standard InChI is InChI=1S/C43H50N5O19P3S2.C19H33N4O15P3S2/c1-23-31(44)12-10-28-37(29-11-13-32(45)24(2)39(29)65-38(23)28)27-9-8-25(17-30(27)41(50)51)33(49)14-15-43(3,4)72-71-22-61-16-6-7-26-19-48(42(52)47-40(26)46)36-18-34(62-21-60-5)35(64-36)20-63-69(56,57)67-70(58,59)66-68(53,54)55;1-19(2,10-20)43-42-12-33-6-4-5-13-8-23(18(24)22-17(13)21)16-7-14(34-11-32-3)15(36-16)9-35-40(28,29)38-41(30,31)37-39(25,26)27/h8-13,17,19,34-36,44H,14-16,18,20-22,45H2,1-5H3,(H,50,51)(H,56,57)(H,58,59)(H2,46,47,52)(H2,53,54,55);8,14-16H,6-7,9-12,20H2,1-3H3,(H,28,29)(H,30,31)(H2,21,22,24)(H2,25,26,27)/t34-,35-,36-;14-,15-,16-/m11/s1. The molecule has 0 amide bonds. The zero-order chi connectivity index (χ0) is 85.4. The number of nitrogens with zero attached hydrogens (tertiary/aromatic N) is 4. The molecule has 2 aromatic carbocycles. The maximum atomic E-state index is 13.6. The number of Topliss-reactive ketones (excluding diaryl/α,β-unsaturated/α-hetero) is 1. The number of nitrogen functional groups attached to an aromatic ring is 3. The minimum Gasteiger partial charge on any atom is -0.478 e. The number of fused-ring (bicyclic) bond motifs is 2. The lowest BCUT2D eigenvalue weighted by molar-refractivity contribution is -0.107. The Morgan fingerprint density at radius 2 is 1.12 bits per heavy atom. The second kappa shape index (κ2) is 41.6. The summed E-state index contributed by atoms with van der Waals surface area (Å²) >= 11 is 0. The molecule has 53 heteroatoms. The van der Waals surface area contributed by atoms with Crippen LogP contribution in [-0.2, 0) is 91.6 Å². The number of carbonyl (C=O) groups excluding carboxylic acids is 1. The van der Waals surface area contributed by atoms with Gasteiger partial charge in [0.25, 0.3) is 0 Å². The van der Waals surface area contributed by atoms with E-state index in [0.717, 1.165) is 9.13 Å². The van der Waals surface area contributed by atoms with Crippen LogP contribution in [0.4, 0.5) is 17.3 Å². The van der Waals surface area contributed by atoms with Crippen molar-refractivity contribution in [3.8, 4) is 46.1 Å². The van der Waals surface area contributed by atoms with Crippen LogP contribution in [-0.4, -0.2) is 182 Å². The average molecular weight is 1810 g/mol. The molecule has 0 saturated carbocycles. The molecule has 2 aromatic heterocycles.